The van der Waals surface area contributed by atoms with Gasteiger partial charge in [-0.2, -0.15) is 0 Å². The molecular formula is C19H22ClNO4. The van der Waals surface area contributed by atoms with Crippen molar-refractivity contribution >= 4 is 12.4 Å². The van der Waals surface area contributed by atoms with Crippen LogP contribution < -0.4 is 24.3 Å². The van der Waals surface area contributed by atoms with E-state index in [4.69, 9.17) is 18.9 Å². The van der Waals surface area contributed by atoms with Crippen LogP contribution in [0, 0.1) is 0 Å². The molecule has 2 aromatic rings. The third-order valence-corrected chi connectivity index (χ3v) is 4.70. The van der Waals surface area contributed by atoms with Gasteiger partial charge in [0.25, 0.3) is 0 Å². The lowest BCUT2D eigenvalue weighted by Gasteiger charge is -2.28. The molecule has 0 amide bonds. The number of rotatable bonds is 4. The molecule has 1 atom stereocenters. The molecule has 0 aliphatic carbocycles. The second-order valence-electron chi connectivity index (χ2n) is 6.02. The Morgan fingerprint density at radius 1 is 1.12 bits per heavy atom. The van der Waals surface area contributed by atoms with Crippen molar-refractivity contribution in [2.45, 2.75) is 18.9 Å². The second-order valence-corrected chi connectivity index (χ2v) is 6.02. The van der Waals surface area contributed by atoms with Crippen LogP contribution in [0.1, 0.15) is 22.7 Å². The first-order chi connectivity index (χ1) is 11.8. The van der Waals surface area contributed by atoms with Crippen LogP contribution in [0.15, 0.2) is 30.3 Å². The topological polar surface area (TPSA) is 49.0 Å². The van der Waals surface area contributed by atoms with E-state index in [1.54, 1.807) is 14.2 Å². The van der Waals surface area contributed by atoms with E-state index >= 15 is 0 Å². The summed E-state index contributed by atoms with van der Waals surface area (Å²) in [5, 5.41) is 3.61. The van der Waals surface area contributed by atoms with Gasteiger partial charge in [0.1, 0.15) is 0 Å². The van der Waals surface area contributed by atoms with E-state index in [-0.39, 0.29) is 18.4 Å². The van der Waals surface area contributed by atoms with Gasteiger partial charge in [0.2, 0.25) is 6.79 Å². The van der Waals surface area contributed by atoms with Crippen LogP contribution in [0.4, 0.5) is 0 Å². The maximum atomic E-state index is 5.57. The summed E-state index contributed by atoms with van der Waals surface area (Å²) in [5.41, 5.74) is 3.72. The molecule has 2 aliphatic rings. The monoisotopic (exact) mass is 363 g/mol. The lowest BCUT2D eigenvalue weighted by Crippen LogP contribution is -2.31. The minimum Gasteiger partial charge on any atom is -0.493 e. The van der Waals surface area contributed by atoms with Crippen LogP contribution in [0.5, 0.6) is 23.0 Å². The molecule has 0 aromatic heterocycles. The van der Waals surface area contributed by atoms with Crippen LogP contribution in [0.3, 0.4) is 0 Å². The Labute approximate surface area is 153 Å². The zero-order valence-electron chi connectivity index (χ0n) is 14.3. The summed E-state index contributed by atoms with van der Waals surface area (Å²) >= 11 is 0. The summed E-state index contributed by atoms with van der Waals surface area (Å²) in [6.07, 6.45) is 1.82. The van der Waals surface area contributed by atoms with Gasteiger partial charge in [0, 0.05) is 6.04 Å². The minimum atomic E-state index is 0. The Hall–Kier alpha value is -2.11. The lowest BCUT2D eigenvalue weighted by molar-refractivity contribution is 0.174. The third-order valence-electron chi connectivity index (χ3n) is 4.70. The smallest absolute Gasteiger partial charge is 0.231 e. The first-order valence-corrected chi connectivity index (χ1v) is 8.16. The second kappa shape index (κ2) is 7.42. The van der Waals surface area contributed by atoms with Crippen molar-refractivity contribution in [2.75, 3.05) is 27.6 Å². The van der Waals surface area contributed by atoms with Gasteiger partial charge in [-0.15, -0.1) is 12.4 Å². The number of halogens is 1. The van der Waals surface area contributed by atoms with Gasteiger partial charge >= 0.3 is 0 Å². The molecular weight excluding hydrogens is 342 g/mol. The molecule has 4 rings (SSSR count). The average Bonchev–Trinajstić information content (AvgIpc) is 3.07. The van der Waals surface area contributed by atoms with Crippen molar-refractivity contribution in [3.63, 3.8) is 0 Å². The quantitative estimate of drug-likeness (QED) is 0.903. The molecule has 25 heavy (non-hydrogen) atoms. The minimum absolute atomic E-state index is 0. The van der Waals surface area contributed by atoms with Gasteiger partial charge < -0.3 is 24.3 Å². The predicted octanol–water partition coefficient (Wildman–Crippen LogP) is 3.28. The number of benzene rings is 2. The number of nitrogens with one attached hydrogen (secondary N) is 1. The first kappa shape index (κ1) is 17.7. The Kier molecular flexibility index (Phi) is 5.25. The molecule has 5 nitrogen and oxygen atoms in total. The fourth-order valence-corrected chi connectivity index (χ4v) is 3.55. The number of hydrogen-bond acceptors (Lipinski definition) is 5. The van der Waals surface area contributed by atoms with Gasteiger partial charge in [-0.05, 0) is 54.3 Å². The normalized spacial score (nSPS) is 17.4. The summed E-state index contributed by atoms with van der Waals surface area (Å²) < 4.78 is 22.0. The summed E-state index contributed by atoms with van der Waals surface area (Å²) in [4.78, 5) is 0. The SMILES string of the molecule is COc1cccc(CC2NCCc3cc4c(cc32)OCO4)c1OC.Cl. The standard InChI is InChI=1S/C19H21NO4.ClH/c1-21-16-5-3-4-13(19(16)22-2)8-15-14-10-18-17(23-11-24-18)9-12(14)6-7-20-15;/h3-5,9-10,15,20H,6-8,11H2,1-2H3;1H. The molecule has 1 unspecified atom stereocenters. The van der Waals surface area contributed by atoms with Crippen molar-refractivity contribution in [1.29, 1.82) is 0 Å². The largest absolute Gasteiger partial charge is 0.493 e. The summed E-state index contributed by atoms with van der Waals surface area (Å²) in [5.74, 6) is 3.25. The van der Waals surface area contributed by atoms with Crippen LogP contribution in [0.25, 0.3) is 0 Å². The highest BCUT2D eigenvalue weighted by Crippen LogP contribution is 2.40. The number of fused-ring (bicyclic) bond motifs is 2. The first-order valence-electron chi connectivity index (χ1n) is 8.16. The van der Waals surface area contributed by atoms with E-state index in [9.17, 15) is 0 Å². The van der Waals surface area contributed by atoms with Crippen molar-refractivity contribution in [3.05, 3.63) is 47.0 Å². The van der Waals surface area contributed by atoms with Gasteiger partial charge in [0.15, 0.2) is 23.0 Å². The predicted molar refractivity (Wildman–Crippen MR) is 97.5 cm³/mol. The molecule has 2 aromatic carbocycles. The Morgan fingerprint density at radius 3 is 2.68 bits per heavy atom. The average molecular weight is 364 g/mol. The summed E-state index contributed by atoms with van der Waals surface area (Å²) in [6, 6.07) is 10.5. The fraction of sp³-hybridized carbons (Fsp3) is 0.368. The van der Waals surface area contributed by atoms with Gasteiger partial charge in [-0.3, -0.25) is 0 Å². The Balaban J connectivity index is 0.00000182. The molecule has 0 radical (unpaired) electrons. The van der Waals surface area contributed by atoms with Crippen LogP contribution >= 0.6 is 12.4 Å². The molecule has 6 heteroatoms. The summed E-state index contributed by atoms with van der Waals surface area (Å²) in [7, 11) is 3.35. The summed E-state index contributed by atoms with van der Waals surface area (Å²) in [6.45, 7) is 1.25. The number of hydrogen-bond donors (Lipinski definition) is 1. The van der Waals surface area contributed by atoms with Crippen LogP contribution in [-0.4, -0.2) is 27.6 Å². The third kappa shape index (κ3) is 3.22. The van der Waals surface area contributed by atoms with E-state index in [0.29, 0.717) is 6.79 Å². The van der Waals surface area contributed by atoms with Gasteiger partial charge in [-0.1, -0.05) is 12.1 Å². The van der Waals surface area contributed by atoms with Crippen molar-refractivity contribution in [3.8, 4) is 23.0 Å². The van der Waals surface area contributed by atoms with Crippen molar-refractivity contribution in [2.24, 2.45) is 0 Å². The molecule has 0 spiro atoms. The molecule has 0 saturated heterocycles. The fourth-order valence-electron chi connectivity index (χ4n) is 3.55. The highest BCUT2D eigenvalue weighted by Gasteiger charge is 2.26. The van der Waals surface area contributed by atoms with E-state index < -0.39 is 0 Å². The number of ether oxygens (including phenoxy) is 4. The number of methoxy groups -OCH3 is 2. The maximum absolute atomic E-state index is 5.57. The molecule has 0 saturated carbocycles. The lowest BCUT2D eigenvalue weighted by atomic mass is 9.89. The molecule has 2 aliphatic heterocycles. The van der Waals surface area contributed by atoms with E-state index in [0.717, 1.165) is 47.9 Å². The van der Waals surface area contributed by atoms with Gasteiger partial charge in [0.05, 0.1) is 14.2 Å². The Morgan fingerprint density at radius 2 is 1.92 bits per heavy atom. The van der Waals surface area contributed by atoms with Gasteiger partial charge in [-0.25, -0.2) is 0 Å². The highest BCUT2D eigenvalue weighted by molar-refractivity contribution is 5.85. The van der Waals surface area contributed by atoms with Crippen LogP contribution in [0.2, 0.25) is 0 Å². The van der Waals surface area contributed by atoms with E-state index in [2.05, 4.69) is 23.5 Å². The van der Waals surface area contributed by atoms with E-state index in [1.165, 1.54) is 11.1 Å². The number of para-hydroxylation sites is 1. The zero-order valence-corrected chi connectivity index (χ0v) is 15.2. The molecule has 0 fully saturated rings. The van der Waals surface area contributed by atoms with Crippen LogP contribution in [-0.2, 0) is 12.8 Å². The molecule has 134 valence electrons. The maximum Gasteiger partial charge on any atom is 0.231 e. The van der Waals surface area contributed by atoms with Crippen molar-refractivity contribution in [1.82, 2.24) is 5.32 Å². The Bertz CT molecular complexity index is 765. The molecule has 2 heterocycles. The van der Waals surface area contributed by atoms with Crippen molar-refractivity contribution < 1.29 is 18.9 Å². The zero-order chi connectivity index (χ0) is 16.5. The molecule has 0 bridgehead atoms. The highest BCUT2D eigenvalue weighted by atomic mass is 35.5. The van der Waals surface area contributed by atoms with E-state index in [1.807, 2.05) is 12.1 Å². The molecule has 1 N–H and O–H groups in total.